The van der Waals surface area contributed by atoms with E-state index in [1.165, 1.54) is 77.0 Å². The van der Waals surface area contributed by atoms with Gasteiger partial charge in [0.1, 0.15) is 0 Å². The first-order valence-corrected chi connectivity index (χ1v) is 8.24. The molecule has 0 aliphatic heterocycles. The Balaban J connectivity index is 3.43. The molecule has 0 aromatic rings. The quantitative estimate of drug-likeness (QED) is 0.332. The smallest absolute Gasteiger partial charge is 0.0305 e. The lowest BCUT2D eigenvalue weighted by Gasteiger charge is -2.30. The second-order valence-corrected chi connectivity index (χ2v) is 5.79. The lowest BCUT2D eigenvalue weighted by Crippen LogP contribution is -2.17. The summed E-state index contributed by atoms with van der Waals surface area (Å²) < 4.78 is 0. The average molecular weight is 240 g/mol. The van der Waals surface area contributed by atoms with Crippen LogP contribution in [0, 0.1) is 5.41 Å². The lowest BCUT2D eigenvalue weighted by atomic mass is 9.75. The van der Waals surface area contributed by atoms with Gasteiger partial charge in [-0.15, -0.1) is 0 Å². The van der Waals surface area contributed by atoms with Crippen LogP contribution in [0.15, 0.2) is 0 Å². The van der Waals surface area contributed by atoms with Crippen molar-refractivity contribution in [3.05, 3.63) is 0 Å². The lowest BCUT2D eigenvalue weighted by molar-refractivity contribution is 0.220. The molecular weight excluding hydrogens is 204 g/mol. The first-order valence-electron chi connectivity index (χ1n) is 8.24. The third-order valence-electron chi connectivity index (χ3n) is 4.81. The van der Waals surface area contributed by atoms with Crippen LogP contribution in [0.25, 0.3) is 0 Å². The Morgan fingerprint density at radius 3 is 1.35 bits per heavy atom. The van der Waals surface area contributed by atoms with Gasteiger partial charge < -0.3 is 0 Å². The van der Waals surface area contributed by atoms with E-state index in [0.29, 0.717) is 5.41 Å². The van der Waals surface area contributed by atoms with E-state index in [2.05, 4.69) is 27.7 Å². The molecule has 0 heterocycles. The average Bonchev–Trinajstić information content (AvgIpc) is 2.38. The molecule has 0 N–H and O–H groups in total. The Morgan fingerprint density at radius 2 is 0.941 bits per heavy atom. The highest BCUT2D eigenvalue weighted by Gasteiger charge is 2.22. The minimum atomic E-state index is 0.669. The minimum absolute atomic E-state index is 0.669. The molecule has 0 aromatic carbocycles. The van der Waals surface area contributed by atoms with Crippen molar-refractivity contribution >= 4 is 0 Å². The molecule has 0 saturated heterocycles. The van der Waals surface area contributed by atoms with Crippen LogP contribution in [0.4, 0.5) is 0 Å². The van der Waals surface area contributed by atoms with Crippen LogP contribution in [0.2, 0.25) is 0 Å². The normalized spacial score (nSPS) is 12.0. The Kier molecular flexibility index (Phi) is 11.1. The predicted octanol–water partition coefficient (Wildman–Crippen LogP) is 6.73. The van der Waals surface area contributed by atoms with E-state index in [1.54, 1.807) is 0 Å². The zero-order chi connectivity index (χ0) is 13.0. The molecule has 104 valence electrons. The maximum Gasteiger partial charge on any atom is -0.0305 e. The van der Waals surface area contributed by atoms with Crippen LogP contribution in [0.5, 0.6) is 0 Å². The van der Waals surface area contributed by atoms with Crippen molar-refractivity contribution in [1.29, 1.82) is 0 Å². The van der Waals surface area contributed by atoms with Crippen LogP contribution < -0.4 is 0 Å². The van der Waals surface area contributed by atoms with Crippen molar-refractivity contribution in [2.24, 2.45) is 5.41 Å². The van der Waals surface area contributed by atoms with Crippen LogP contribution in [0.3, 0.4) is 0 Å². The number of hydrogen-bond donors (Lipinski definition) is 0. The topological polar surface area (TPSA) is 0 Å². The molecule has 0 amide bonds. The van der Waals surface area contributed by atoms with Gasteiger partial charge in [0, 0.05) is 0 Å². The summed E-state index contributed by atoms with van der Waals surface area (Å²) in [7, 11) is 0. The van der Waals surface area contributed by atoms with E-state index >= 15 is 0 Å². The van der Waals surface area contributed by atoms with Crippen LogP contribution >= 0.6 is 0 Å². The molecule has 0 aliphatic rings. The Hall–Kier alpha value is 0. The molecule has 0 nitrogen and oxygen atoms in total. The number of rotatable bonds is 12. The van der Waals surface area contributed by atoms with Crippen molar-refractivity contribution in [1.82, 2.24) is 0 Å². The molecule has 0 bridgehead atoms. The highest BCUT2D eigenvalue weighted by molar-refractivity contribution is 4.74. The molecule has 0 radical (unpaired) electrons. The largest absolute Gasteiger partial charge is 0.0654 e. The summed E-state index contributed by atoms with van der Waals surface area (Å²) in [5.41, 5.74) is 0.669. The van der Waals surface area contributed by atoms with E-state index in [4.69, 9.17) is 0 Å². The van der Waals surface area contributed by atoms with Gasteiger partial charge in [0.05, 0.1) is 0 Å². The first-order chi connectivity index (χ1) is 8.24. The third-order valence-corrected chi connectivity index (χ3v) is 4.81. The summed E-state index contributed by atoms with van der Waals surface area (Å²) in [6.07, 6.45) is 17.2. The van der Waals surface area contributed by atoms with Crippen LogP contribution in [-0.4, -0.2) is 0 Å². The molecule has 0 spiro atoms. The van der Waals surface area contributed by atoms with Gasteiger partial charge in [0.15, 0.2) is 0 Å². The van der Waals surface area contributed by atoms with Gasteiger partial charge in [0.25, 0.3) is 0 Å². The fourth-order valence-corrected chi connectivity index (χ4v) is 2.91. The second-order valence-electron chi connectivity index (χ2n) is 5.79. The molecule has 0 aromatic heterocycles. The molecule has 0 fully saturated rings. The van der Waals surface area contributed by atoms with E-state index in [0.717, 1.165) is 0 Å². The summed E-state index contributed by atoms with van der Waals surface area (Å²) in [4.78, 5) is 0. The molecule has 0 heteroatoms. The van der Waals surface area contributed by atoms with Crippen molar-refractivity contribution in [3.63, 3.8) is 0 Å². The highest BCUT2D eigenvalue weighted by Crippen LogP contribution is 2.36. The van der Waals surface area contributed by atoms with Crippen LogP contribution in [-0.2, 0) is 0 Å². The molecule has 0 saturated carbocycles. The standard InChI is InChI=1S/C17H36/c1-5-9-10-11-12-13-14-15-16-17(6-2,7-3)8-4/h5-16H2,1-4H3. The maximum absolute atomic E-state index is 2.37. The van der Waals surface area contributed by atoms with Gasteiger partial charge >= 0.3 is 0 Å². The van der Waals surface area contributed by atoms with Crippen molar-refractivity contribution in [2.45, 2.75) is 105 Å². The SMILES string of the molecule is CCCCCCCCCCC(CC)(CC)CC. The van der Waals surface area contributed by atoms with Crippen LogP contribution in [0.1, 0.15) is 105 Å². The fourth-order valence-electron chi connectivity index (χ4n) is 2.91. The van der Waals surface area contributed by atoms with Crippen molar-refractivity contribution in [3.8, 4) is 0 Å². The molecule has 0 rings (SSSR count). The summed E-state index contributed by atoms with van der Waals surface area (Å²) in [5.74, 6) is 0. The van der Waals surface area contributed by atoms with Gasteiger partial charge in [0.2, 0.25) is 0 Å². The fraction of sp³-hybridized carbons (Fsp3) is 1.00. The van der Waals surface area contributed by atoms with E-state index in [9.17, 15) is 0 Å². The first kappa shape index (κ1) is 17.0. The molecule has 0 aliphatic carbocycles. The second kappa shape index (κ2) is 11.1. The van der Waals surface area contributed by atoms with Crippen molar-refractivity contribution < 1.29 is 0 Å². The zero-order valence-electron chi connectivity index (χ0n) is 13.0. The van der Waals surface area contributed by atoms with Crippen molar-refractivity contribution in [2.75, 3.05) is 0 Å². The Labute approximate surface area is 111 Å². The van der Waals surface area contributed by atoms with E-state index in [1.807, 2.05) is 0 Å². The maximum atomic E-state index is 2.37. The predicted molar refractivity (Wildman–Crippen MR) is 80.5 cm³/mol. The molecule has 0 atom stereocenters. The minimum Gasteiger partial charge on any atom is -0.0654 e. The molecule has 17 heavy (non-hydrogen) atoms. The zero-order valence-corrected chi connectivity index (χ0v) is 13.0. The van der Waals surface area contributed by atoms with Gasteiger partial charge in [-0.3, -0.25) is 0 Å². The van der Waals surface area contributed by atoms with Gasteiger partial charge in [-0.1, -0.05) is 98.3 Å². The van der Waals surface area contributed by atoms with Gasteiger partial charge in [-0.25, -0.2) is 0 Å². The summed E-state index contributed by atoms with van der Waals surface area (Å²) in [6.45, 7) is 9.41. The van der Waals surface area contributed by atoms with E-state index in [-0.39, 0.29) is 0 Å². The molecular formula is C17H36. The van der Waals surface area contributed by atoms with Gasteiger partial charge in [-0.05, 0) is 11.8 Å². The number of hydrogen-bond acceptors (Lipinski definition) is 0. The summed E-state index contributed by atoms with van der Waals surface area (Å²) in [5, 5.41) is 0. The Morgan fingerprint density at radius 1 is 0.529 bits per heavy atom. The Bertz CT molecular complexity index is 136. The van der Waals surface area contributed by atoms with Gasteiger partial charge in [-0.2, -0.15) is 0 Å². The third kappa shape index (κ3) is 7.84. The van der Waals surface area contributed by atoms with E-state index < -0.39 is 0 Å². The highest BCUT2D eigenvalue weighted by atomic mass is 14.3. The summed E-state index contributed by atoms with van der Waals surface area (Å²) in [6, 6.07) is 0. The molecule has 0 unspecified atom stereocenters. The number of unbranched alkanes of at least 4 members (excludes halogenated alkanes) is 7. The summed E-state index contributed by atoms with van der Waals surface area (Å²) >= 11 is 0. The monoisotopic (exact) mass is 240 g/mol.